The molecule has 1 aromatic rings. The zero-order chi connectivity index (χ0) is 15.4. The first-order chi connectivity index (χ1) is 9.29. The molecule has 0 saturated heterocycles. The predicted octanol–water partition coefficient (Wildman–Crippen LogP) is 0.184. The Balaban J connectivity index is 3.26. The predicted molar refractivity (Wildman–Crippen MR) is 72.7 cm³/mol. The van der Waals surface area contributed by atoms with Crippen molar-refractivity contribution in [1.82, 2.24) is 14.9 Å². The normalized spacial score (nSPS) is 12.0. The van der Waals surface area contributed by atoms with Crippen molar-refractivity contribution in [3.05, 3.63) is 27.4 Å². The van der Waals surface area contributed by atoms with Crippen molar-refractivity contribution >= 4 is 11.9 Å². The van der Waals surface area contributed by atoms with Gasteiger partial charge in [-0.1, -0.05) is 0 Å². The number of hydrogen-bond acceptors (Lipinski definition) is 4. The van der Waals surface area contributed by atoms with Crippen LogP contribution in [0.5, 0.6) is 0 Å². The van der Waals surface area contributed by atoms with Crippen LogP contribution in [0.1, 0.15) is 36.2 Å². The maximum Gasteiger partial charge on any atom is 0.347 e. The monoisotopic (exact) mass is 281 g/mol. The quantitative estimate of drug-likeness (QED) is 0.802. The Hall–Kier alpha value is -2.18. The topological polar surface area (TPSA) is 101 Å². The third-order valence-electron chi connectivity index (χ3n) is 3.32. The van der Waals surface area contributed by atoms with Crippen LogP contribution in [0.3, 0.4) is 0 Å². The number of nitrogens with zero attached hydrogens (tertiary/aromatic N) is 2. The molecule has 110 valence electrons. The third-order valence-corrected chi connectivity index (χ3v) is 3.32. The van der Waals surface area contributed by atoms with Crippen molar-refractivity contribution in [3.8, 4) is 0 Å². The molecule has 2 N–H and O–H groups in total. The second kappa shape index (κ2) is 6.31. The Morgan fingerprint density at radius 3 is 2.50 bits per heavy atom. The van der Waals surface area contributed by atoms with Gasteiger partial charge in [-0.15, -0.1) is 0 Å². The van der Waals surface area contributed by atoms with E-state index in [1.165, 1.54) is 11.6 Å². The van der Waals surface area contributed by atoms with E-state index in [4.69, 9.17) is 5.11 Å². The molecule has 1 unspecified atom stereocenters. The second-order valence-electron chi connectivity index (χ2n) is 4.61. The lowest BCUT2D eigenvalue weighted by Gasteiger charge is -2.17. The van der Waals surface area contributed by atoms with E-state index in [0.717, 1.165) is 0 Å². The van der Waals surface area contributed by atoms with Crippen LogP contribution in [0.25, 0.3) is 0 Å². The molecule has 0 saturated carbocycles. The fourth-order valence-electron chi connectivity index (χ4n) is 2.17. The number of carboxylic acids is 1. The molecule has 20 heavy (non-hydrogen) atoms. The van der Waals surface area contributed by atoms with Crippen LogP contribution >= 0.6 is 0 Å². The number of carboxylic acid groups (broad SMARTS) is 1. The van der Waals surface area contributed by atoms with E-state index in [1.807, 2.05) is 0 Å². The highest BCUT2D eigenvalue weighted by molar-refractivity contribution is 5.76. The van der Waals surface area contributed by atoms with Crippen LogP contribution < -0.4 is 11.0 Å². The Bertz CT molecular complexity index is 592. The standard InChI is InChI=1S/C13H19N3O4/c1-7(12(18)19)11-8(2)15-13(20)16(9(11)3)6-5-10(17)14-4/h7H,5-6H2,1-4H3,(H,14,17)(H,18,19). The number of aliphatic carboxylic acids is 1. The Labute approximate surface area is 116 Å². The van der Waals surface area contributed by atoms with E-state index >= 15 is 0 Å². The molecule has 0 fully saturated rings. The molecule has 0 aliphatic rings. The maximum atomic E-state index is 11.9. The molecule has 0 aliphatic heterocycles. The molecule has 0 radical (unpaired) electrons. The van der Waals surface area contributed by atoms with E-state index in [1.54, 1.807) is 20.8 Å². The molecule has 0 bridgehead atoms. The van der Waals surface area contributed by atoms with E-state index in [2.05, 4.69) is 10.3 Å². The van der Waals surface area contributed by atoms with E-state index in [-0.39, 0.29) is 18.9 Å². The Morgan fingerprint density at radius 1 is 1.40 bits per heavy atom. The summed E-state index contributed by atoms with van der Waals surface area (Å²) >= 11 is 0. The van der Waals surface area contributed by atoms with Gasteiger partial charge in [-0.25, -0.2) is 4.79 Å². The molecule has 1 atom stereocenters. The number of carbonyl (C=O) groups is 2. The zero-order valence-corrected chi connectivity index (χ0v) is 12.1. The maximum absolute atomic E-state index is 11.9. The summed E-state index contributed by atoms with van der Waals surface area (Å²) in [6.07, 6.45) is 0.142. The van der Waals surface area contributed by atoms with Crippen LogP contribution in [0.15, 0.2) is 4.79 Å². The smallest absolute Gasteiger partial charge is 0.347 e. The molecule has 0 aromatic carbocycles. The third kappa shape index (κ3) is 3.23. The molecule has 0 spiro atoms. The number of carbonyl (C=O) groups excluding carboxylic acids is 1. The van der Waals surface area contributed by atoms with Crippen molar-refractivity contribution in [2.75, 3.05) is 7.05 Å². The molecule has 1 aromatic heterocycles. The van der Waals surface area contributed by atoms with Gasteiger partial charge in [0.2, 0.25) is 5.91 Å². The molecule has 0 aliphatic carbocycles. The molecule has 7 heteroatoms. The summed E-state index contributed by atoms with van der Waals surface area (Å²) in [7, 11) is 1.52. The summed E-state index contributed by atoms with van der Waals surface area (Å²) in [5.41, 5.74) is 1.01. The highest BCUT2D eigenvalue weighted by Crippen LogP contribution is 2.21. The SMILES string of the molecule is CNC(=O)CCn1c(C)c(C(C)C(=O)O)c(C)nc1=O. The Morgan fingerprint density at radius 2 is 2.00 bits per heavy atom. The first-order valence-electron chi connectivity index (χ1n) is 6.30. The minimum Gasteiger partial charge on any atom is -0.481 e. The molecule has 1 rings (SSSR count). The van der Waals surface area contributed by atoms with E-state index < -0.39 is 17.6 Å². The summed E-state index contributed by atoms with van der Waals surface area (Å²) in [4.78, 5) is 38.1. The summed E-state index contributed by atoms with van der Waals surface area (Å²) in [6, 6.07) is 0. The highest BCUT2D eigenvalue weighted by atomic mass is 16.4. The molecular weight excluding hydrogens is 262 g/mol. The van der Waals surface area contributed by atoms with Crippen LogP contribution in [-0.4, -0.2) is 33.6 Å². The van der Waals surface area contributed by atoms with Crippen LogP contribution in [0, 0.1) is 13.8 Å². The molecule has 1 amide bonds. The average molecular weight is 281 g/mol. The van der Waals surface area contributed by atoms with Crippen LogP contribution in [0.2, 0.25) is 0 Å². The zero-order valence-electron chi connectivity index (χ0n) is 12.1. The average Bonchev–Trinajstić information content (AvgIpc) is 2.37. The lowest BCUT2D eigenvalue weighted by Crippen LogP contribution is -2.31. The van der Waals surface area contributed by atoms with Gasteiger partial charge >= 0.3 is 11.7 Å². The largest absolute Gasteiger partial charge is 0.481 e. The number of amides is 1. The van der Waals surface area contributed by atoms with Gasteiger partial charge in [-0.3, -0.25) is 14.2 Å². The minimum absolute atomic E-state index is 0.142. The molecule has 1 heterocycles. The van der Waals surface area contributed by atoms with Crippen molar-refractivity contribution in [2.24, 2.45) is 0 Å². The van der Waals surface area contributed by atoms with Crippen molar-refractivity contribution in [1.29, 1.82) is 0 Å². The number of hydrogen-bond donors (Lipinski definition) is 2. The van der Waals surface area contributed by atoms with Gasteiger partial charge in [0.05, 0.1) is 5.92 Å². The van der Waals surface area contributed by atoms with E-state index in [9.17, 15) is 14.4 Å². The van der Waals surface area contributed by atoms with Gasteiger partial charge in [0, 0.05) is 37.0 Å². The summed E-state index contributed by atoms with van der Waals surface area (Å²) in [5.74, 6) is -1.92. The van der Waals surface area contributed by atoms with Gasteiger partial charge < -0.3 is 10.4 Å². The van der Waals surface area contributed by atoms with Gasteiger partial charge in [0.15, 0.2) is 0 Å². The number of aryl methyl sites for hydroxylation is 1. The summed E-state index contributed by atoms with van der Waals surface area (Å²) in [5, 5.41) is 11.6. The first-order valence-corrected chi connectivity index (χ1v) is 6.30. The highest BCUT2D eigenvalue weighted by Gasteiger charge is 2.22. The lowest BCUT2D eigenvalue weighted by molar-refractivity contribution is -0.138. The fourth-order valence-corrected chi connectivity index (χ4v) is 2.17. The number of nitrogens with one attached hydrogen (secondary N) is 1. The van der Waals surface area contributed by atoms with Gasteiger partial charge in [0.1, 0.15) is 0 Å². The first kappa shape index (κ1) is 15.9. The van der Waals surface area contributed by atoms with Gasteiger partial charge in [0.25, 0.3) is 0 Å². The van der Waals surface area contributed by atoms with Gasteiger partial charge in [-0.05, 0) is 20.8 Å². The second-order valence-corrected chi connectivity index (χ2v) is 4.61. The van der Waals surface area contributed by atoms with Crippen LogP contribution in [0.4, 0.5) is 0 Å². The molecule has 7 nitrogen and oxygen atoms in total. The summed E-state index contributed by atoms with van der Waals surface area (Å²) in [6.45, 7) is 5.02. The number of rotatable bonds is 5. The fraction of sp³-hybridized carbons (Fsp3) is 0.538. The van der Waals surface area contributed by atoms with E-state index in [0.29, 0.717) is 17.0 Å². The number of aromatic nitrogens is 2. The lowest BCUT2D eigenvalue weighted by atomic mass is 9.98. The summed E-state index contributed by atoms with van der Waals surface area (Å²) < 4.78 is 1.34. The minimum atomic E-state index is -0.977. The van der Waals surface area contributed by atoms with Crippen molar-refractivity contribution in [3.63, 3.8) is 0 Å². The van der Waals surface area contributed by atoms with Crippen molar-refractivity contribution < 1.29 is 14.7 Å². The Kier molecular flexibility index (Phi) is 5.01. The van der Waals surface area contributed by atoms with Crippen molar-refractivity contribution in [2.45, 2.75) is 39.7 Å². The van der Waals surface area contributed by atoms with Gasteiger partial charge in [-0.2, -0.15) is 4.98 Å². The molecular formula is C13H19N3O4. The van der Waals surface area contributed by atoms with Crippen LogP contribution in [-0.2, 0) is 16.1 Å².